The van der Waals surface area contributed by atoms with E-state index in [1.165, 1.54) is 13.2 Å². The summed E-state index contributed by atoms with van der Waals surface area (Å²) in [6, 6.07) is 2.12. The summed E-state index contributed by atoms with van der Waals surface area (Å²) in [7, 11) is 1.34. The Bertz CT molecular complexity index is 434. The van der Waals surface area contributed by atoms with E-state index in [1.807, 2.05) is 0 Å². The molecule has 0 aliphatic heterocycles. The van der Waals surface area contributed by atoms with Crippen molar-refractivity contribution in [2.75, 3.05) is 13.9 Å². The first kappa shape index (κ1) is 14.8. The third kappa shape index (κ3) is 4.19. The van der Waals surface area contributed by atoms with E-state index in [9.17, 15) is 18.0 Å². The van der Waals surface area contributed by atoms with E-state index in [2.05, 4.69) is 25.4 Å². The van der Waals surface area contributed by atoms with Crippen LogP contribution in [0, 0.1) is 0 Å². The highest BCUT2D eigenvalue weighted by Crippen LogP contribution is 2.35. The van der Waals surface area contributed by atoms with Crippen molar-refractivity contribution in [1.82, 2.24) is 0 Å². The lowest BCUT2D eigenvalue weighted by Gasteiger charge is -2.13. The number of benzene rings is 1. The van der Waals surface area contributed by atoms with Crippen LogP contribution in [0.2, 0.25) is 0 Å². The Hall–Kier alpha value is -1.28. The van der Waals surface area contributed by atoms with Crippen LogP contribution in [-0.2, 0) is 4.74 Å². The third-order valence-corrected chi connectivity index (χ3v) is 2.37. The number of hydrogen-bond donors (Lipinski definition) is 0. The molecule has 0 atom stereocenters. The van der Waals surface area contributed by atoms with Crippen LogP contribution in [0.25, 0.3) is 0 Å². The SMILES string of the molecule is COCOc1cc(OC(F)(F)F)c(Br)cc1C=O. The molecule has 100 valence electrons. The number of carbonyl (C=O) groups excluding carboxylic acids is 1. The van der Waals surface area contributed by atoms with Crippen LogP contribution < -0.4 is 9.47 Å². The highest BCUT2D eigenvalue weighted by molar-refractivity contribution is 9.10. The van der Waals surface area contributed by atoms with Crippen LogP contribution in [0.15, 0.2) is 16.6 Å². The largest absolute Gasteiger partial charge is 0.573 e. The van der Waals surface area contributed by atoms with E-state index in [4.69, 9.17) is 4.74 Å². The molecule has 0 spiro atoms. The van der Waals surface area contributed by atoms with Crippen molar-refractivity contribution in [2.24, 2.45) is 0 Å². The number of hydrogen-bond acceptors (Lipinski definition) is 4. The number of ether oxygens (including phenoxy) is 3. The van der Waals surface area contributed by atoms with Gasteiger partial charge in [-0.25, -0.2) is 0 Å². The second-order valence-corrected chi connectivity index (χ2v) is 3.89. The zero-order chi connectivity index (χ0) is 13.8. The third-order valence-electron chi connectivity index (χ3n) is 1.75. The van der Waals surface area contributed by atoms with Crippen molar-refractivity contribution in [1.29, 1.82) is 0 Å². The molecule has 0 heterocycles. The van der Waals surface area contributed by atoms with Gasteiger partial charge in [0.15, 0.2) is 13.1 Å². The Morgan fingerprint density at radius 1 is 1.33 bits per heavy atom. The van der Waals surface area contributed by atoms with Crippen molar-refractivity contribution in [3.8, 4) is 11.5 Å². The molecule has 0 fully saturated rings. The average Bonchev–Trinajstić information content (AvgIpc) is 2.27. The standard InChI is InChI=1S/C10H8BrF3O4/c1-16-5-17-8-3-9(18-10(12,13)14)7(11)2-6(8)4-15/h2-4H,5H2,1H3. The zero-order valence-corrected chi connectivity index (χ0v) is 10.7. The molecule has 4 nitrogen and oxygen atoms in total. The summed E-state index contributed by atoms with van der Waals surface area (Å²) in [4.78, 5) is 10.7. The van der Waals surface area contributed by atoms with Gasteiger partial charge in [-0.3, -0.25) is 4.79 Å². The van der Waals surface area contributed by atoms with Crippen LogP contribution in [0.4, 0.5) is 13.2 Å². The highest BCUT2D eigenvalue weighted by Gasteiger charge is 2.32. The molecule has 8 heteroatoms. The Kier molecular flexibility index (Phi) is 4.97. The fourth-order valence-electron chi connectivity index (χ4n) is 1.09. The molecule has 0 saturated carbocycles. The number of aldehydes is 1. The van der Waals surface area contributed by atoms with Gasteiger partial charge >= 0.3 is 6.36 Å². The lowest BCUT2D eigenvalue weighted by molar-refractivity contribution is -0.274. The number of rotatable bonds is 5. The Balaban J connectivity index is 3.08. The lowest BCUT2D eigenvalue weighted by atomic mass is 10.2. The van der Waals surface area contributed by atoms with Crippen LogP contribution in [0.5, 0.6) is 11.5 Å². The minimum absolute atomic E-state index is 0.00769. The van der Waals surface area contributed by atoms with E-state index in [1.54, 1.807) is 0 Å². The molecule has 0 saturated heterocycles. The quantitative estimate of drug-likeness (QED) is 0.615. The van der Waals surface area contributed by atoms with E-state index in [0.29, 0.717) is 6.29 Å². The summed E-state index contributed by atoms with van der Waals surface area (Å²) < 4.78 is 49.7. The summed E-state index contributed by atoms with van der Waals surface area (Å²) in [6.45, 7) is -0.200. The topological polar surface area (TPSA) is 44.8 Å². The van der Waals surface area contributed by atoms with Crippen LogP contribution in [0.3, 0.4) is 0 Å². The first-order chi connectivity index (χ1) is 8.37. The highest BCUT2D eigenvalue weighted by atomic mass is 79.9. The lowest BCUT2D eigenvalue weighted by Crippen LogP contribution is -2.17. The van der Waals surface area contributed by atoms with Crippen LogP contribution >= 0.6 is 15.9 Å². The summed E-state index contributed by atoms with van der Waals surface area (Å²) in [5.74, 6) is -0.562. The fraction of sp³-hybridized carbons (Fsp3) is 0.300. The van der Waals surface area contributed by atoms with E-state index in [0.717, 1.165) is 6.07 Å². The smallest absolute Gasteiger partial charge is 0.467 e. The molecule has 1 aromatic carbocycles. The molecule has 0 bridgehead atoms. The molecule has 0 aromatic heterocycles. The number of methoxy groups -OCH3 is 1. The maximum atomic E-state index is 12.1. The summed E-state index contributed by atoms with van der Waals surface area (Å²) in [5, 5.41) is 0. The van der Waals surface area contributed by atoms with Gasteiger partial charge in [0, 0.05) is 13.2 Å². The second kappa shape index (κ2) is 6.05. The van der Waals surface area contributed by atoms with E-state index < -0.39 is 12.1 Å². The molecular formula is C10H8BrF3O4. The first-order valence-electron chi connectivity index (χ1n) is 4.53. The number of carbonyl (C=O) groups is 1. The molecule has 18 heavy (non-hydrogen) atoms. The Morgan fingerprint density at radius 2 is 2.00 bits per heavy atom. The summed E-state index contributed by atoms with van der Waals surface area (Å²) >= 11 is 2.87. The normalized spacial score (nSPS) is 11.2. The van der Waals surface area contributed by atoms with Crippen LogP contribution in [0.1, 0.15) is 10.4 Å². The zero-order valence-electron chi connectivity index (χ0n) is 9.08. The van der Waals surface area contributed by atoms with Gasteiger partial charge in [-0.2, -0.15) is 0 Å². The van der Waals surface area contributed by atoms with Gasteiger partial charge in [0.1, 0.15) is 11.5 Å². The number of halogens is 4. The maximum absolute atomic E-state index is 12.1. The molecule has 0 radical (unpaired) electrons. The van der Waals surface area contributed by atoms with E-state index in [-0.39, 0.29) is 22.6 Å². The van der Waals surface area contributed by atoms with Gasteiger partial charge in [0.25, 0.3) is 0 Å². The molecule has 1 rings (SSSR count). The molecule has 0 unspecified atom stereocenters. The van der Waals surface area contributed by atoms with Crippen molar-refractivity contribution in [2.45, 2.75) is 6.36 Å². The fourth-order valence-corrected chi connectivity index (χ4v) is 1.53. The maximum Gasteiger partial charge on any atom is 0.573 e. The van der Waals surface area contributed by atoms with Gasteiger partial charge < -0.3 is 14.2 Å². The Morgan fingerprint density at radius 3 is 2.50 bits per heavy atom. The number of alkyl halides is 3. The van der Waals surface area contributed by atoms with Gasteiger partial charge in [-0.05, 0) is 22.0 Å². The average molecular weight is 329 g/mol. The van der Waals surface area contributed by atoms with Gasteiger partial charge in [-0.15, -0.1) is 13.2 Å². The molecular weight excluding hydrogens is 321 g/mol. The van der Waals surface area contributed by atoms with Crippen molar-refractivity contribution < 1.29 is 32.2 Å². The predicted octanol–water partition coefficient (Wildman–Crippen LogP) is 3.14. The minimum Gasteiger partial charge on any atom is -0.467 e. The molecule has 1 aromatic rings. The molecule has 0 aliphatic rings. The Labute approximate surface area is 109 Å². The van der Waals surface area contributed by atoms with Crippen molar-refractivity contribution >= 4 is 22.2 Å². The molecule has 0 amide bonds. The summed E-state index contributed by atoms with van der Waals surface area (Å²) in [5.41, 5.74) is 0.0773. The van der Waals surface area contributed by atoms with Crippen molar-refractivity contribution in [3.63, 3.8) is 0 Å². The molecule has 0 aliphatic carbocycles. The van der Waals surface area contributed by atoms with Crippen molar-refractivity contribution in [3.05, 3.63) is 22.2 Å². The first-order valence-corrected chi connectivity index (χ1v) is 5.33. The van der Waals surface area contributed by atoms with Gasteiger partial charge in [0.2, 0.25) is 0 Å². The monoisotopic (exact) mass is 328 g/mol. The molecule has 0 N–H and O–H groups in total. The van der Waals surface area contributed by atoms with Gasteiger partial charge in [0.05, 0.1) is 10.0 Å². The predicted molar refractivity (Wildman–Crippen MR) is 58.7 cm³/mol. The minimum atomic E-state index is -4.83. The summed E-state index contributed by atoms with van der Waals surface area (Å²) in [6.07, 6.45) is -4.38. The van der Waals surface area contributed by atoms with Gasteiger partial charge in [-0.1, -0.05) is 0 Å². The van der Waals surface area contributed by atoms with Crippen LogP contribution in [-0.4, -0.2) is 26.6 Å². The van der Waals surface area contributed by atoms with E-state index >= 15 is 0 Å². The second-order valence-electron chi connectivity index (χ2n) is 3.04.